The molecule has 0 N–H and O–H groups in total. The van der Waals surface area contributed by atoms with E-state index < -0.39 is 7.26 Å². The van der Waals surface area contributed by atoms with E-state index in [0.717, 1.165) is 15.7 Å². The molecule has 29 heavy (non-hydrogen) atoms. The van der Waals surface area contributed by atoms with E-state index in [1.165, 1.54) is 10.9 Å². The van der Waals surface area contributed by atoms with Gasteiger partial charge in [0.05, 0.1) is 0 Å². The first-order valence-electron chi connectivity index (χ1n) is 10.3. The Morgan fingerprint density at radius 1 is 0.724 bits per heavy atom. The van der Waals surface area contributed by atoms with Gasteiger partial charge in [-0.05, 0) is 0 Å². The van der Waals surface area contributed by atoms with Crippen LogP contribution in [0.15, 0.2) is 6.07 Å². The first-order valence-corrected chi connectivity index (χ1v) is 13.1. The van der Waals surface area contributed by atoms with Crippen LogP contribution in [0, 0.1) is 0 Å². The molecule has 1 aromatic carbocycles. The van der Waals surface area contributed by atoms with E-state index in [4.69, 9.17) is 23.2 Å². The molecule has 0 bridgehead atoms. The predicted molar refractivity (Wildman–Crippen MR) is 137 cm³/mol. The Morgan fingerprint density at radius 2 is 1.07 bits per heavy atom. The van der Waals surface area contributed by atoms with Crippen LogP contribution in [0.3, 0.4) is 0 Å². The van der Waals surface area contributed by atoms with Crippen molar-refractivity contribution in [3.63, 3.8) is 0 Å². The van der Waals surface area contributed by atoms with Crippen LogP contribution in [-0.4, -0.2) is 29.6 Å². The molecular weight excluding hydrogens is 511 g/mol. The quantitative estimate of drug-likeness (QED) is 0.264. The Morgan fingerprint density at radius 3 is 1.31 bits per heavy atom. The Bertz CT molecular complexity index is 694. The third-order valence-electron chi connectivity index (χ3n) is 6.17. The molecule has 0 aliphatic carbocycles. The fourth-order valence-corrected chi connectivity index (χ4v) is 18.3. The average Bonchev–Trinajstić information content (AvgIpc) is 2.29. The minimum atomic E-state index is -2.24. The molecule has 0 atom stereocenters. The van der Waals surface area contributed by atoms with Gasteiger partial charge in [0, 0.05) is 20.4 Å². The van der Waals surface area contributed by atoms with E-state index in [2.05, 4.69) is 89.2 Å². The molecule has 0 heterocycles. The second kappa shape index (κ2) is 8.91. The molecule has 0 radical (unpaired) electrons. The van der Waals surface area contributed by atoms with Crippen LogP contribution in [0.2, 0.25) is 10.0 Å². The first kappa shape index (κ1) is 29.7. The predicted octanol–water partition coefficient (Wildman–Crippen LogP) is 8.13. The van der Waals surface area contributed by atoms with E-state index in [1.807, 2.05) is 19.0 Å². The minimum absolute atomic E-state index is 0. The zero-order chi connectivity index (χ0) is 22.7. The third kappa shape index (κ3) is 5.04. The van der Waals surface area contributed by atoms with E-state index in [-0.39, 0.29) is 41.3 Å². The van der Waals surface area contributed by atoms with Crippen molar-refractivity contribution in [3.8, 4) is 0 Å². The zero-order valence-electron chi connectivity index (χ0n) is 21.1. The Balaban J connectivity index is 0.00000784. The second-order valence-electron chi connectivity index (χ2n) is 12.6. The average molecular weight is 555 g/mol. The van der Waals surface area contributed by atoms with Crippen LogP contribution >= 0.6 is 30.5 Å². The maximum Gasteiger partial charge on any atom is 0 e. The summed E-state index contributed by atoms with van der Waals surface area (Å²) in [5.41, 5.74) is 2.12. The molecule has 0 saturated heterocycles. The van der Waals surface area contributed by atoms with Gasteiger partial charge in [0.15, 0.2) is 0 Å². The van der Waals surface area contributed by atoms with Crippen molar-refractivity contribution >= 4 is 41.5 Å². The number of hydrogen-bond acceptors (Lipinski definition) is 1. The van der Waals surface area contributed by atoms with Gasteiger partial charge < -0.3 is 0 Å². The van der Waals surface area contributed by atoms with Gasteiger partial charge in [0.25, 0.3) is 0 Å². The Labute approximate surface area is 205 Å². The molecule has 0 saturated carbocycles. The summed E-state index contributed by atoms with van der Waals surface area (Å²) < 4.78 is 0. The summed E-state index contributed by atoms with van der Waals surface area (Å²) in [5.74, 6) is 0. The van der Waals surface area contributed by atoms with Gasteiger partial charge in [-0.15, -0.1) is 0 Å². The van der Waals surface area contributed by atoms with E-state index in [0.29, 0.717) is 0 Å². The molecule has 174 valence electrons. The smallest absolute Gasteiger partial charge is 0 e. The van der Waals surface area contributed by atoms with Gasteiger partial charge in [0.2, 0.25) is 0 Å². The van der Waals surface area contributed by atoms with Crippen molar-refractivity contribution in [1.82, 2.24) is 0 Å². The minimum Gasteiger partial charge on any atom is 0 e. The molecule has 0 spiro atoms. The van der Waals surface area contributed by atoms with Gasteiger partial charge in [-0.1, -0.05) is 0 Å². The van der Waals surface area contributed by atoms with Gasteiger partial charge in [-0.2, -0.15) is 0 Å². The van der Waals surface area contributed by atoms with Crippen LogP contribution < -0.4 is 10.2 Å². The topological polar surface area (TPSA) is 3.24 Å². The van der Waals surface area contributed by atoms with Crippen molar-refractivity contribution < 1.29 is 20.4 Å². The van der Waals surface area contributed by atoms with Crippen molar-refractivity contribution in [2.24, 2.45) is 0 Å². The molecular formula is C24H44Cl2NPPd. The Hall–Kier alpha value is 0.692. The second-order valence-corrected chi connectivity index (χ2v) is 19.9. The number of benzene rings is 1. The fraction of sp³-hybridized carbons (Fsp3) is 0.750. The van der Waals surface area contributed by atoms with Crippen LogP contribution in [0.1, 0.15) is 88.6 Å². The fourth-order valence-electron chi connectivity index (χ4n) is 6.63. The summed E-state index contributed by atoms with van der Waals surface area (Å²) in [5, 5.41) is 3.36. The largest absolute Gasteiger partial charge is 0 e. The molecule has 1 rings (SSSR count). The first-order chi connectivity index (χ1) is 12.1. The standard InChI is InChI=1S/C24H44Cl2NP.Pd/c1-21(2,3)18-17(15-16(25)20(19(18)26)27(13)14)28(22(4,5)6,23(7,8)9)24(10,11)12;/h15,28H,1-14H3;. The molecule has 1 nitrogen and oxygen atoms in total. The van der Waals surface area contributed by atoms with Gasteiger partial charge in [-0.25, -0.2) is 0 Å². The van der Waals surface area contributed by atoms with Crippen LogP contribution in [-0.2, 0) is 25.8 Å². The monoisotopic (exact) mass is 553 g/mol. The van der Waals surface area contributed by atoms with E-state index in [9.17, 15) is 0 Å². The van der Waals surface area contributed by atoms with E-state index in [1.54, 1.807) is 0 Å². The summed E-state index contributed by atoms with van der Waals surface area (Å²) in [4.78, 5) is 2.04. The van der Waals surface area contributed by atoms with Crippen LogP contribution in [0.5, 0.6) is 0 Å². The number of nitrogens with zero attached hydrogens (tertiary/aromatic N) is 1. The van der Waals surface area contributed by atoms with Crippen molar-refractivity contribution in [1.29, 1.82) is 0 Å². The summed E-state index contributed by atoms with van der Waals surface area (Å²) in [6.45, 7) is 28.6. The molecule has 0 amide bonds. The van der Waals surface area contributed by atoms with Gasteiger partial charge in [0.1, 0.15) is 0 Å². The van der Waals surface area contributed by atoms with Crippen molar-refractivity contribution in [3.05, 3.63) is 21.7 Å². The zero-order valence-corrected chi connectivity index (χ0v) is 25.2. The van der Waals surface area contributed by atoms with Crippen molar-refractivity contribution in [2.75, 3.05) is 19.0 Å². The van der Waals surface area contributed by atoms with Gasteiger partial charge >= 0.3 is 186 Å². The number of rotatable bonds is 2. The molecule has 0 fully saturated rings. The number of hydrogen-bond donors (Lipinski definition) is 0. The van der Waals surface area contributed by atoms with E-state index >= 15 is 0 Å². The molecule has 1 aromatic rings. The third-order valence-corrected chi connectivity index (χ3v) is 14.8. The maximum absolute atomic E-state index is 7.15. The normalized spacial score (nSPS) is 14.5. The number of halogens is 2. The summed E-state index contributed by atoms with van der Waals surface area (Å²) in [6, 6.07) is 2.28. The maximum atomic E-state index is 7.15. The van der Waals surface area contributed by atoms with Gasteiger partial charge in [-0.3, -0.25) is 0 Å². The summed E-state index contributed by atoms with van der Waals surface area (Å²) >= 11 is 14.1. The molecule has 0 unspecified atom stereocenters. The Kier molecular flexibility index (Phi) is 9.12. The summed E-state index contributed by atoms with van der Waals surface area (Å²) in [7, 11) is 1.79. The van der Waals surface area contributed by atoms with Crippen molar-refractivity contribution in [2.45, 2.75) is 104 Å². The molecule has 5 heteroatoms. The summed E-state index contributed by atoms with van der Waals surface area (Å²) in [6.07, 6.45) is 0. The van der Waals surface area contributed by atoms with Crippen LogP contribution in [0.4, 0.5) is 5.69 Å². The van der Waals surface area contributed by atoms with Crippen LogP contribution in [0.25, 0.3) is 0 Å². The SMILES string of the molecule is CN(C)c1c(Cl)cc([PH](C(C)(C)C)(C(C)(C)C)C(C)(C)C)c(C(C)(C)C)c1Cl.[Pd]. The molecule has 0 aromatic heterocycles. The molecule has 0 aliphatic heterocycles. The number of anilines is 1. The molecule has 0 aliphatic rings.